The van der Waals surface area contributed by atoms with Gasteiger partial charge in [-0.2, -0.15) is 0 Å². The lowest BCUT2D eigenvalue weighted by molar-refractivity contribution is -0.150. The number of methoxy groups -OCH3 is 1. The van der Waals surface area contributed by atoms with Crippen LogP contribution in [0.3, 0.4) is 0 Å². The average molecular weight is 519 g/mol. The van der Waals surface area contributed by atoms with Gasteiger partial charge in [0.2, 0.25) is 5.91 Å². The van der Waals surface area contributed by atoms with E-state index in [4.69, 9.17) is 9.47 Å². The van der Waals surface area contributed by atoms with E-state index in [9.17, 15) is 23.9 Å². The number of carbonyl (C=O) groups excluding carboxylic acids is 2. The van der Waals surface area contributed by atoms with Crippen molar-refractivity contribution < 1.29 is 33.4 Å². The lowest BCUT2D eigenvalue weighted by Gasteiger charge is -2.34. The molecule has 3 aliphatic rings. The van der Waals surface area contributed by atoms with Crippen molar-refractivity contribution in [1.29, 1.82) is 0 Å². The molecule has 3 aliphatic carbocycles. The zero-order valence-corrected chi connectivity index (χ0v) is 22.1. The molecule has 0 heterocycles. The van der Waals surface area contributed by atoms with Crippen molar-refractivity contribution in [2.75, 3.05) is 13.7 Å². The van der Waals surface area contributed by atoms with E-state index >= 15 is 0 Å². The van der Waals surface area contributed by atoms with Gasteiger partial charge in [-0.3, -0.25) is 14.4 Å². The SMILES string of the molecule is COc1cc(F)c(O[C@H]2CC[C@@](C)(C(=O)O)CC2)cc1C(=O)N[C@@H]1[C@H]2CC[C@H](C2)[C@@H]1C(=O)NCC(C)C. The summed E-state index contributed by atoms with van der Waals surface area (Å²) in [6.07, 6.45) is 4.35. The maximum absolute atomic E-state index is 14.9. The van der Waals surface area contributed by atoms with Gasteiger partial charge < -0.3 is 25.2 Å². The number of carboxylic acid groups (broad SMARTS) is 1. The number of aliphatic carboxylic acids is 1. The van der Waals surface area contributed by atoms with Crippen LogP contribution in [-0.4, -0.2) is 48.7 Å². The van der Waals surface area contributed by atoms with Crippen LogP contribution >= 0.6 is 0 Å². The first-order chi connectivity index (χ1) is 17.5. The van der Waals surface area contributed by atoms with Gasteiger partial charge in [0.1, 0.15) is 5.75 Å². The smallest absolute Gasteiger partial charge is 0.309 e. The standard InChI is InChI=1S/C28H39FN2O6/c1-15(2)14-30-26(33)23-16-5-6-17(11-16)24(23)31-25(32)19-12-22(20(29)13-21(19)36-4)37-18-7-9-28(3,10-8-18)27(34)35/h12-13,15-18,23-24H,5-11,14H2,1-4H3,(H,30,33)(H,31,32)(H,34,35)/t16-,17+,18-,23+,24-,28+/m1/s1. The summed E-state index contributed by atoms with van der Waals surface area (Å²) in [5.41, 5.74) is -0.656. The first-order valence-corrected chi connectivity index (χ1v) is 13.4. The van der Waals surface area contributed by atoms with Gasteiger partial charge in [0.15, 0.2) is 11.6 Å². The number of fused-ring (bicyclic) bond motifs is 2. The Bertz CT molecular complexity index is 1040. The maximum Gasteiger partial charge on any atom is 0.309 e. The largest absolute Gasteiger partial charge is 0.496 e. The Kier molecular flexibility index (Phi) is 7.99. The molecular weight excluding hydrogens is 479 g/mol. The number of benzene rings is 1. The van der Waals surface area contributed by atoms with Crippen molar-refractivity contribution in [2.45, 2.75) is 77.9 Å². The van der Waals surface area contributed by atoms with Gasteiger partial charge in [-0.1, -0.05) is 13.8 Å². The predicted molar refractivity (Wildman–Crippen MR) is 135 cm³/mol. The number of nitrogens with one attached hydrogen (secondary N) is 2. The van der Waals surface area contributed by atoms with Crippen molar-refractivity contribution in [3.05, 3.63) is 23.5 Å². The number of hydrogen-bond donors (Lipinski definition) is 3. The highest BCUT2D eigenvalue weighted by molar-refractivity contribution is 5.98. The van der Waals surface area contributed by atoms with Gasteiger partial charge in [-0.25, -0.2) is 4.39 Å². The van der Waals surface area contributed by atoms with Gasteiger partial charge in [-0.15, -0.1) is 0 Å². The second-order valence-electron chi connectivity index (χ2n) is 11.7. The molecule has 0 saturated heterocycles. The van der Waals surface area contributed by atoms with Crippen molar-refractivity contribution in [3.63, 3.8) is 0 Å². The van der Waals surface area contributed by atoms with Crippen molar-refractivity contribution in [1.82, 2.24) is 10.6 Å². The van der Waals surface area contributed by atoms with E-state index in [0.717, 1.165) is 25.3 Å². The molecule has 2 bridgehead atoms. The summed E-state index contributed by atoms with van der Waals surface area (Å²) in [5.74, 6) is -1.37. The summed E-state index contributed by atoms with van der Waals surface area (Å²) < 4.78 is 26.1. The van der Waals surface area contributed by atoms with Crippen LogP contribution in [0.1, 0.15) is 76.1 Å². The monoisotopic (exact) mass is 518 g/mol. The van der Waals surface area contributed by atoms with Crippen LogP contribution in [0.5, 0.6) is 11.5 Å². The average Bonchev–Trinajstić information content (AvgIpc) is 3.46. The molecule has 204 valence electrons. The Morgan fingerprint density at radius 3 is 2.41 bits per heavy atom. The van der Waals surface area contributed by atoms with Gasteiger partial charge in [-0.05, 0) is 75.7 Å². The minimum atomic E-state index is -0.836. The zero-order valence-electron chi connectivity index (χ0n) is 22.1. The number of ether oxygens (including phenoxy) is 2. The fraction of sp³-hybridized carbons (Fsp3) is 0.679. The van der Waals surface area contributed by atoms with E-state index in [1.165, 1.54) is 13.2 Å². The molecule has 2 amide bonds. The van der Waals surface area contributed by atoms with E-state index < -0.39 is 23.1 Å². The van der Waals surface area contributed by atoms with Crippen LogP contribution in [0.2, 0.25) is 0 Å². The number of halogens is 1. The zero-order chi connectivity index (χ0) is 26.9. The number of rotatable bonds is 9. The van der Waals surface area contributed by atoms with Crippen LogP contribution in [0.4, 0.5) is 4.39 Å². The molecule has 9 heteroatoms. The molecule has 3 fully saturated rings. The Morgan fingerprint density at radius 1 is 1.11 bits per heavy atom. The van der Waals surface area contributed by atoms with E-state index in [-0.39, 0.29) is 52.9 Å². The summed E-state index contributed by atoms with van der Waals surface area (Å²) in [6.45, 7) is 6.39. The minimum absolute atomic E-state index is 0.0213. The minimum Gasteiger partial charge on any atom is -0.496 e. The molecule has 3 N–H and O–H groups in total. The van der Waals surface area contributed by atoms with E-state index in [2.05, 4.69) is 10.6 Å². The van der Waals surface area contributed by atoms with Crippen molar-refractivity contribution >= 4 is 17.8 Å². The van der Waals surface area contributed by atoms with Crippen LogP contribution in [0.15, 0.2) is 12.1 Å². The fourth-order valence-electron chi connectivity index (χ4n) is 6.24. The summed E-state index contributed by atoms with van der Waals surface area (Å²) in [7, 11) is 1.37. The molecule has 4 atom stereocenters. The second kappa shape index (κ2) is 10.9. The Morgan fingerprint density at radius 2 is 1.78 bits per heavy atom. The molecule has 4 rings (SSSR count). The molecular formula is C28H39FN2O6. The Hall–Kier alpha value is -2.84. The number of carboxylic acids is 1. The van der Waals surface area contributed by atoms with Crippen LogP contribution in [-0.2, 0) is 9.59 Å². The van der Waals surface area contributed by atoms with Crippen LogP contribution in [0.25, 0.3) is 0 Å². The van der Waals surface area contributed by atoms with Crippen LogP contribution < -0.4 is 20.1 Å². The first kappa shape index (κ1) is 27.2. The van der Waals surface area contributed by atoms with E-state index in [1.807, 2.05) is 13.8 Å². The molecule has 0 aliphatic heterocycles. The highest BCUT2D eigenvalue weighted by atomic mass is 19.1. The molecule has 37 heavy (non-hydrogen) atoms. The Balaban J connectivity index is 1.49. The summed E-state index contributed by atoms with van der Waals surface area (Å²) in [6, 6.07) is 2.21. The topological polar surface area (TPSA) is 114 Å². The third kappa shape index (κ3) is 5.70. The van der Waals surface area contributed by atoms with Gasteiger partial charge in [0.25, 0.3) is 5.91 Å². The van der Waals surface area contributed by atoms with Crippen LogP contribution in [0, 0.1) is 34.9 Å². The number of amides is 2. The third-order valence-electron chi connectivity index (χ3n) is 8.55. The quantitative estimate of drug-likeness (QED) is 0.452. The molecule has 8 nitrogen and oxygen atoms in total. The number of carbonyl (C=O) groups is 3. The lowest BCUT2D eigenvalue weighted by atomic mass is 9.75. The highest BCUT2D eigenvalue weighted by Gasteiger charge is 2.51. The maximum atomic E-state index is 14.9. The van der Waals surface area contributed by atoms with Crippen molar-refractivity contribution in [2.24, 2.45) is 29.1 Å². The lowest BCUT2D eigenvalue weighted by Crippen LogP contribution is -2.50. The second-order valence-corrected chi connectivity index (χ2v) is 11.7. The third-order valence-corrected chi connectivity index (χ3v) is 8.55. The fourth-order valence-corrected chi connectivity index (χ4v) is 6.24. The molecule has 3 saturated carbocycles. The molecule has 0 radical (unpaired) electrons. The van der Waals surface area contributed by atoms with Gasteiger partial charge in [0.05, 0.1) is 30.1 Å². The first-order valence-electron chi connectivity index (χ1n) is 13.4. The number of hydrogen-bond acceptors (Lipinski definition) is 5. The Labute approximate surface area is 217 Å². The normalized spacial score (nSPS) is 30.7. The predicted octanol–water partition coefficient (Wildman–Crippen LogP) is 4.16. The van der Waals surface area contributed by atoms with Crippen molar-refractivity contribution in [3.8, 4) is 11.5 Å². The van der Waals surface area contributed by atoms with E-state index in [0.29, 0.717) is 38.1 Å². The van der Waals surface area contributed by atoms with Gasteiger partial charge in [0, 0.05) is 18.7 Å². The van der Waals surface area contributed by atoms with Gasteiger partial charge >= 0.3 is 5.97 Å². The molecule has 0 unspecified atom stereocenters. The molecule has 0 aromatic heterocycles. The summed E-state index contributed by atoms with van der Waals surface area (Å²) in [5, 5.41) is 15.6. The highest BCUT2D eigenvalue weighted by Crippen LogP contribution is 2.49. The summed E-state index contributed by atoms with van der Waals surface area (Å²) in [4.78, 5) is 38.0. The molecule has 1 aromatic rings. The molecule has 0 spiro atoms. The molecule has 1 aromatic carbocycles. The summed E-state index contributed by atoms with van der Waals surface area (Å²) >= 11 is 0. The van der Waals surface area contributed by atoms with E-state index in [1.54, 1.807) is 6.92 Å².